The van der Waals surface area contributed by atoms with Crippen molar-refractivity contribution in [2.75, 3.05) is 6.61 Å². The molecule has 1 heterocycles. The zero-order valence-electron chi connectivity index (χ0n) is 12.4. The molecule has 1 fully saturated rings. The van der Waals surface area contributed by atoms with Crippen molar-refractivity contribution in [2.45, 2.75) is 45.3 Å². The molecule has 1 aliphatic rings. The first kappa shape index (κ1) is 15.5. The predicted molar refractivity (Wildman–Crippen MR) is 78.7 cm³/mol. The monoisotopic (exact) mass is 291 g/mol. The minimum Gasteiger partial charge on any atom is -0.478 e. The van der Waals surface area contributed by atoms with Crippen LogP contribution in [-0.4, -0.2) is 35.7 Å². The van der Waals surface area contributed by atoms with E-state index in [9.17, 15) is 9.59 Å². The normalized spacial score (nSPS) is 19.2. The minimum absolute atomic E-state index is 0.0335. The van der Waals surface area contributed by atoms with Crippen molar-refractivity contribution in [2.24, 2.45) is 0 Å². The second-order valence-electron chi connectivity index (χ2n) is 5.43. The number of amides is 1. The number of hydrogen-bond acceptors (Lipinski definition) is 3. The van der Waals surface area contributed by atoms with Crippen LogP contribution < -0.4 is 5.32 Å². The number of aryl methyl sites for hydroxylation is 1. The van der Waals surface area contributed by atoms with Gasteiger partial charge in [-0.25, -0.2) is 4.79 Å². The molecule has 2 rings (SSSR count). The maximum atomic E-state index is 12.3. The van der Waals surface area contributed by atoms with Crippen molar-refractivity contribution in [3.8, 4) is 0 Å². The summed E-state index contributed by atoms with van der Waals surface area (Å²) in [5, 5.41) is 12.0. The van der Waals surface area contributed by atoms with Crippen LogP contribution in [0.3, 0.4) is 0 Å². The third kappa shape index (κ3) is 3.82. The van der Waals surface area contributed by atoms with E-state index >= 15 is 0 Å². The molecule has 0 spiro atoms. The molecule has 0 radical (unpaired) electrons. The molecular weight excluding hydrogens is 270 g/mol. The second-order valence-corrected chi connectivity index (χ2v) is 5.43. The Morgan fingerprint density at radius 1 is 1.38 bits per heavy atom. The van der Waals surface area contributed by atoms with Gasteiger partial charge in [-0.15, -0.1) is 0 Å². The number of carboxylic acid groups (broad SMARTS) is 1. The Bertz CT molecular complexity index is 535. The highest BCUT2D eigenvalue weighted by Gasteiger charge is 2.26. The van der Waals surface area contributed by atoms with E-state index < -0.39 is 5.97 Å². The standard InChI is InChI=1S/C16H21NO4/c1-3-13(14-5-4-6-21-14)17-15(18)11-7-10(2)8-12(9-11)16(19)20/h7-9,13-14H,3-6H2,1-2H3,(H,17,18)(H,19,20). The summed E-state index contributed by atoms with van der Waals surface area (Å²) in [5.74, 6) is -1.28. The van der Waals surface area contributed by atoms with Gasteiger partial charge in [-0.1, -0.05) is 6.92 Å². The van der Waals surface area contributed by atoms with Gasteiger partial charge in [-0.3, -0.25) is 4.79 Å². The lowest BCUT2D eigenvalue weighted by Gasteiger charge is -2.23. The number of carbonyl (C=O) groups is 2. The zero-order chi connectivity index (χ0) is 15.4. The Morgan fingerprint density at radius 3 is 2.67 bits per heavy atom. The average molecular weight is 291 g/mol. The number of hydrogen-bond donors (Lipinski definition) is 2. The van der Waals surface area contributed by atoms with Crippen LogP contribution in [0, 0.1) is 6.92 Å². The summed E-state index contributed by atoms with van der Waals surface area (Å²) in [6.45, 7) is 4.52. The minimum atomic E-state index is -1.03. The Labute approximate surface area is 124 Å². The highest BCUT2D eigenvalue weighted by molar-refractivity contribution is 5.98. The predicted octanol–water partition coefficient (Wildman–Crippen LogP) is 2.38. The van der Waals surface area contributed by atoms with Gasteiger partial charge in [-0.05, 0) is 49.9 Å². The fraction of sp³-hybridized carbons (Fsp3) is 0.500. The van der Waals surface area contributed by atoms with Crippen molar-refractivity contribution in [1.29, 1.82) is 0 Å². The van der Waals surface area contributed by atoms with Crippen LogP contribution in [0.15, 0.2) is 18.2 Å². The third-order valence-corrected chi connectivity index (χ3v) is 3.76. The number of aromatic carboxylic acids is 1. The maximum absolute atomic E-state index is 12.3. The molecule has 1 saturated heterocycles. The van der Waals surface area contributed by atoms with Crippen molar-refractivity contribution in [3.05, 3.63) is 34.9 Å². The van der Waals surface area contributed by atoms with Gasteiger partial charge in [-0.2, -0.15) is 0 Å². The number of ether oxygens (including phenoxy) is 1. The molecule has 0 saturated carbocycles. The van der Waals surface area contributed by atoms with Gasteiger partial charge >= 0.3 is 5.97 Å². The van der Waals surface area contributed by atoms with Gasteiger partial charge in [0.05, 0.1) is 17.7 Å². The summed E-state index contributed by atoms with van der Waals surface area (Å²) >= 11 is 0. The van der Waals surface area contributed by atoms with E-state index in [0.717, 1.165) is 31.4 Å². The van der Waals surface area contributed by atoms with E-state index in [4.69, 9.17) is 9.84 Å². The molecule has 5 nitrogen and oxygen atoms in total. The summed E-state index contributed by atoms with van der Waals surface area (Å²) < 4.78 is 5.62. The Balaban J connectivity index is 2.13. The number of carboxylic acids is 1. The molecule has 5 heteroatoms. The molecular formula is C16H21NO4. The van der Waals surface area contributed by atoms with Gasteiger partial charge in [0.2, 0.25) is 0 Å². The van der Waals surface area contributed by atoms with E-state index in [-0.39, 0.29) is 23.6 Å². The zero-order valence-corrected chi connectivity index (χ0v) is 12.4. The molecule has 1 amide bonds. The highest BCUT2D eigenvalue weighted by Crippen LogP contribution is 2.18. The van der Waals surface area contributed by atoms with Gasteiger partial charge < -0.3 is 15.2 Å². The van der Waals surface area contributed by atoms with E-state index in [0.29, 0.717) is 5.56 Å². The number of carbonyl (C=O) groups excluding carboxylic acids is 1. The lowest BCUT2D eigenvalue weighted by Crippen LogP contribution is -2.42. The van der Waals surface area contributed by atoms with Crippen molar-refractivity contribution in [3.63, 3.8) is 0 Å². The van der Waals surface area contributed by atoms with Crippen molar-refractivity contribution >= 4 is 11.9 Å². The van der Waals surface area contributed by atoms with Crippen LogP contribution in [0.25, 0.3) is 0 Å². The first-order valence-electron chi connectivity index (χ1n) is 7.28. The molecule has 114 valence electrons. The molecule has 0 aromatic heterocycles. The van der Waals surface area contributed by atoms with E-state index in [1.165, 1.54) is 6.07 Å². The fourth-order valence-electron chi connectivity index (χ4n) is 2.67. The Hall–Kier alpha value is -1.88. The Kier molecular flexibility index (Phi) is 4.96. The summed E-state index contributed by atoms with van der Waals surface area (Å²) in [6.07, 6.45) is 2.81. The van der Waals surface area contributed by atoms with Crippen LogP contribution in [0.4, 0.5) is 0 Å². The van der Waals surface area contributed by atoms with Gasteiger partial charge in [0, 0.05) is 12.2 Å². The molecule has 0 aliphatic carbocycles. The molecule has 1 aromatic carbocycles. The van der Waals surface area contributed by atoms with Crippen molar-refractivity contribution in [1.82, 2.24) is 5.32 Å². The molecule has 2 unspecified atom stereocenters. The molecule has 21 heavy (non-hydrogen) atoms. The Morgan fingerprint density at radius 2 is 2.10 bits per heavy atom. The van der Waals surface area contributed by atoms with Crippen molar-refractivity contribution < 1.29 is 19.4 Å². The summed E-state index contributed by atoms with van der Waals surface area (Å²) in [6, 6.07) is 4.63. The third-order valence-electron chi connectivity index (χ3n) is 3.76. The van der Waals surface area contributed by atoms with Gasteiger partial charge in [0.15, 0.2) is 0 Å². The molecule has 1 aromatic rings. The van der Waals surface area contributed by atoms with E-state index in [1.807, 2.05) is 6.92 Å². The van der Waals surface area contributed by atoms with Crippen LogP contribution in [-0.2, 0) is 4.74 Å². The van der Waals surface area contributed by atoms with E-state index in [1.54, 1.807) is 19.1 Å². The highest BCUT2D eigenvalue weighted by atomic mass is 16.5. The fourth-order valence-corrected chi connectivity index (χ4v) is 2.67. The molecule has 2 atom stereocenters. The number of benzene rings is 1. The average Bonchev–Trinajstić information content (AvgIpc) is 2.97. The molecule has 0 bridgehead atoms. The number of nitrogens with one attached hydrogen (secondary N) is 1. The largest absolute Gasteiger partial charge is 0.478 e. The maximum Gasteiger partial charge on any atom is 0.335 e. The lowest BCUT2D eigenvalue weighted by molar-refractivity contribution is 0.0665. The first-order chi connectivity index (χ1) is 10.0. The van der Waals surface area contributed by atoms with Crippen LogP contribution in [0.1, 0.15) is 52.5 Å². The lowest BCUT2D eigenvalue weighted by atomic mass is 10.0. The van der Waals surface area contributed by atoms with Crippen LogP contribution in [0.2, 0.25) is 0 Å². The molecule has 1 aliphatic heterocycles. The molecule has 2 N–H and O–H groups in total. The quantitative estimate of drug-likeness (QED) is 0.873. The van der Waals surface area contributed by atoms with Crippen LogP contribution in [0.5, 0.6) is 0 Å². The first-order valence-corrected chi connectivity index (χ1v) is 7.28. The summed E-state index contributed by atoms with van der Waals surface area (Å²) in [4.78, 5) is 23.4. The number of rotatable bonds is 5. The van der Waals surface area contributed by atoms with E-state index in [2.05, 4.69) is 5.32 Å². The summed E-state index contributed by atoms with van der Waals surface area (Å²) in [7, 11) is 0. The topological polar surface area (TPSA) is 75.6 Å². The second kappa shape index (κ2) is 6.72. The van der Waals surface area contributed by atoms with Crippen LogP contribution >= 0.6 is 0 Å². The summed E-state index contributed by atoms with van der Waals surface area (Å²) in [5.41, 5.74) is 1.26. The smallest absolute Gasteiger partial charge is 0.335 e. The van der Waals surface area contributed by atoms with Gasteiger partial charge in [0.25, 0.3) is 5.91 Å². The SMILES string of the molecule is CCC(NC(=O)c1cc(C)cc(C(=O)O)c1)C1CCCO1. The van der Waals surface area contributed by atoms with Gasteiger partial charge in [0.1, 0.15) is 0 Å².